The van der Waals surface area contributed by atoms with Gasteiger partial charge < -0.3 is 9.84 Å². The molecule has 82 valence electrons. The molecule has 15 heavy (non-hydrogen) atoms. The SMILES string of the molecule is O=C1CC2(C(=O)O)CC3CC2C(O1)C3I. The van der Waals surface area contributed by atoms with E-state index in [1.807, 2.05) is 0 Å². The molecule has 5 atom stereocenters. The lowest BCUT2D eigenvalue weighted by Crippen LogP contribution is -2.53. The number of hydrogen-bond donors (Lipinski definition) is 1. The van der Waals surface area contributed by atoms with Gasteiger partial charge in [0.15, 0.2) is 0 Å². The summed E-state index contributed by atoms with van der Waals surface area (Å²) in [6.07, 6.45) is 1.50. The third-order valence-corrected chi connectivity index (χ3v) is 5.93. The van der Waals surface area contributed by atoms with Crippen molar-refractivity contribution in [3.05, 3.63) is 0 Å². The molecule has 0 amide bonds. The molecule has 3 fully saturated rings. The van der Waals surface area contributed by atoms with Crippen molar-refractivity contribution in [2.75, 3.05) is 0 Å². The van der Waals surface area contributed by atoms with Gasteiger partial charge in [0, 0.05) is 5.92 Å². The first-order valence-electron chi connectivity index (χ1n) is 5.11. The van der Waals surface area contributed by atoms with Gasteiger partial charge in [0.05, 0.1) is 15.8 Å². The summed E-state index contributed by atoms with van der Waals surface area (Å²) in [5.41, 5.74) is -0.799. The van der Waals surface area contributed by atoms with Crippen LogP contribution in [-0.2, 0) is 14.3 Å². The number of carbonyl (C=O) groups is 2. The number of esters is 1. The second-order valence-corrected chi connectivity index (χ2v) is 6.28. The third kappa shape index (κ3) is 1.07. The molecule has 2 bridgehead atoms. The maximum Gasteiger partial charge on any atom is 0.310 e. The Balaban J connectivity index is 2.04. The van der Waals surface area contributed by atoms with E-state index < -0.39 is 11.4 Å². The quantitative estimate of drug-likeness (QED) is 0.448. The lowest BCUT2D eigenvalue weighted by atomic mass is 9.68. The molecule has 0 radical (unpaired) electrons. The van der Waals surface area contributed by atoms with Gasteiger partial charge in [0.1, 0.15) is 6.10 Å². The van der Waals surface area contributed by atoms with Crippen molar-refractivity contribution in [2.24, 2.45) is 17.3 Å². The summed E-state index contributed by atoms with van der Waals surface area (Å²) in [7, 11) is 0. The number of alkyl halides is 1. The largest absolute Gasteiger partial charge is 0.481 e. The van der Waals surface area contributed by atoms with E-state index in [0.717, 1.165) is 6.42 Å². The van der Waals surface area contributed by atoms with Gasteiger partial charge in [0.25, 0.3) is 0 Å². The van der Waals surface area contributed by atoms with Crippen LogP contribution in [0.4, 0.5) is 0 Å². The van der Waals surface area contributed by atoms with Gasteiger partial charge in [0.2, 0.25) is 0 Å². The van der Waals surface area contributed by atoms with Crippen molar-refractivity contribution in [1.82, 2.24) is 0 Å². The molecule has 0 aromatic carbocycles. The Kier molecular flexibility index (Phi) is 1.88. The zero-order chi connectivity index (χ0) is 10.8. The first-order chi connectivity index (χ1) is 7.04. The fraction of sp³-hybridized carbons (Fsp3) is 0.800. The zero-order valence-electron chi connectivity index (χ0n) is 7.98. The number of carboxylic acid groups (broad SMARTS) is 1. The second kappa shape index (κ2) is 2.87. The number of carbonyl (C=O) groups excluding carboxylic acids is 1. The molecule has 0 aromatic rings. The molecule has 0 spiro atoms. The Morgan fingerprint density at radius 1 is 1.60 bits per heavy atom. The van der Waals surface area contributed by atoms with Crippen molar-refractivity contribution in [2.45, 2.75) is 29.3 Å². The van der Waals surface area contributed by atoms with Crippen LogP contribution in [0.25, 0.3) is 0 Å². The minimum absolute atomic E-state index is 0.0552. The molecule has 3 aliphatic rings. The Bertz CT molecular complexity index is 355. The minimum Gasteiger partial charge on any atom is -0.481 e. The molecule has 1 saturated heterocycles. The minimum atomic E-state index is -0.806. The van der Waals surface area contributed by atoms with Crippen LogP contribution in [0, 0.1) is 17.3 Å². The molecule has 3 rings (SSSR count). The van der Waals surface area contributed by atoms with Gasteiger partial charge in [-0.15, -0.1) is 0 Å². The Morgan fingerprint density at radius 2 is 2.33 bits per heavy atom. The maximum atomic E-state index is 11.4. The van der Waals surface area contributed by atoms with Crippen LogP contribution in [0.1, 0.15) is 19.3 Å². The summed E-state index contributed by atoms with van der Waals surface area (Å²) >= 11 is 2.30. The fourth-order valence-corrected chi connectivity index (χ4v) is 4.75. The molecular weight excluding hydrogens is 311 g/mol. The zero-order valence-corrected chi connectivity index (χ0v) is 10.1. The van der Waals surface area contributed by atoms with Gasteiger partial charge >= 0.3 is 11.9 Å². The number of halogens is 1. The highest BCUT2D eigenvalue weighted by Crippen LogP contribution is 2.62. The first-order valence-corrected chi connectivity index (χ1v) is 6.36. The van der Waals surface area contributed by atoms with Crippen LogP contribution in [-0.4, -0.2) is 27.1 Å². The summed E-state index contributed by atoms with van der Waals surface area (Å²) in [5, 5.41) is 9.33. The molecule has 4 nitrogen and oxygen atoms in total. The lowest BCUT2D eigenvalue weighted by Gasteiger charge is -2.43. The second-order valence-electron chi connectivity index (χ2n) is 4.84. The van der Waals surface area contributed by atoms with Gasteiger partial charge in [-0.1, -0.05) is 22.6 Å². The van der Waals surface area contributed by atoms with Crippen molar-refractivity contribution in [3.63, 3.8) is 0 Å². The molecule has 0 aromatic heterocycles. The van der Waals surface area contributed by atoms with E-state index in [1.165, 1.54) is 0 Å². The summed E-state index contributed by atoms with van der Waals surface area (Å²) in [4.78, 5) is 22.8. The van der Waals surface area contributed by atoms with E-state index in [2.05, 4.69) is 22.6 Å². The van der Waals surface area contributed by atoms with Gasteiger partial charge in [-0.2, -0.15) is 0 Å². The van der Waals surface area contributed by atoms with Crippen molar-refractivity contribution in [3.8, 4) is 0 Å². The van der Waals surface area contributed by atoms with E-state index in [1.54, 1.807) is 0 Å². The number of rotatable bonds is 1. The topological polar surface area (TPSA) is 63.6 Å². The molecular formula is C10H11IO4. The van der Waals surface area contributed by atoms with Crippen molar-refractivity contribution in [1.29, 1.82) is 0 Å². The summed E-state index contributed by atoms with van der Waals surface area (Å²) in [6, 6.07) is 0. The van der Waals surface area contributed by atoms with Gasteiger partial charge in [-0.05, 0) is 18.8 Å². The van der Waals surface area contributed by atoms with Gasteiger partial charge in [-0.3, -0.25) is 9.59 Å². The maximum absolute atomic E-state index is 11.4. The Labute approximate surface area is 100 Å². The third-order valence-electron chi connectivity index (χ3n) is 4.21. The number of ether oxygens (including phenoxy) is 1. The fourth-order valence-electron chi connectivity index (χ4n) is 3.56. The van der Waals surface area contributed by atoms with Crippen LogP contribution in [0.2, 0.25) is 0 Å². The van der Waals surface area contributed by atoms with Crippen LogP contribution in [0.5, 0.6) is 0 Å². The molecule has 1 N–H and O–H groups in total. The van der Waals surface area contributed by atoms with E-state index >= 15 is 0 Å². The number of aliphatic carboxylic acids is 1. The van der Waals surface area contributed by atoms with E-state index in [9.17, 15) is 14.7 Å². The first kappa shape index (κ1) is 9.86. The summed E-state index contributed by atoms with van der Waals surface area (Å²) in [6.45, 7) is 0. The molecule has 5 unspecified atom stereocenters. The molecule has 2 aliphatic carbocycles. The van der Waals surface area contributed by atoms with Crippen LogP contribution in [0.3, 0.4) is 0 Å². The molecule has 1 heterocycles. The predicted molar refractivity (Wildman–Crippen MR) is 58.6 cm³/mol. The van der Waals surface area contributed by atoms with Crippen LogP contribution in [0.15, 0.2) is 0 Å². The normalized spacial score (nSPS) is 51.7. The van der Waals surface area contributed by atoms with Crippen LogP contribution >= 0.6 is 22.6 Å². The lowest BCUT2D eigenvalue weighted by molar-refractivity contribution is -0.182. The Hall–Kier alpha value is -0.330. The van der Waals surface area contributed by atoms with Crippen LogP contribution < -0.4 is 0 Å². The summed E-state index contributed by atoms with van der Waals surface area (Å²) in [5.74, 6) is -0.662. The summed E-state index contributed by atoms with van der Waals surface area (Å²) < 4.78 is 5.60. The molecule has 1 aliphatic heterocycles. The Morgan fingerprint density at radius 3 is 2.93 bits per heavy atom. The van der Waals surface area contributed by atoms with E-state index in [4.69, 9.17) is 4.74 Å². The smallest absolute Gasteiger partial charge is 0.310 e. The van der Waals surface area contributed by atoms with E-state index in [0.29, 0.717) is 16.3 Å². The average Bonchev–Trinajstić information content (AvgIpc) is 2.66. The standard InChI is InChI=1S/C10H11IO4/c11-7-4-1-5-8(7)15-6(12)3-10(5,2-4)9(13)14/h4-5,7-8H,1-3H2,(H,13,14). The molecule has 2 saturated carbocycles. The highest BCUT2D eigenvalue weighted by Gasteiger charge is 2.67. The highest BCUT2D eigenvalue weighted by molar-refractivity contribution is 14.1. The average molecular weight is 322 g/mol. The molecule has 5 heteroatoms. The van der Waals surface area contributed by atoms with Crippen molar-refractivity contribution < 1.29 is 19.4 Å². The predicted octanol–water partition coefficient (Wildman–Crippen LogP) is 1.22. The number of fused-ring (bicyclic) bond motifs is 1. The number of carboxylic acids is 1. The van der Waals surface area contributed by atoms with Gasteiger partial charge in [-0.25, -0.2) is 0 Å². The van der Waals surface area contributed by atoms with E-state index in [-0.39, 0.29) is 24.4 Å². The monoisotopic (exact) mass is 322 g/mol. The van der Waals surface area contributed by atoms with Crippen molar-refractivity contribution >= 4 is 34.5 Å². The number of hydrogen-bond acceptors (Lipinski definition) is 3. The highest BCUT2D eigenvalue weighted by atomic mass is 127.